The third kappa shape index (κ3) is 2.07. The Balaban J connectivity index is 2.18. The second-order valence-electron chi connectivity index (χ2n) is 4.88. The lowest BCUT2D eigenvalue weighted by Gasteiger charge is -2.11. The molecule has 0 aliphatic heterocycles. The summed E-state index contributed by atoms with van der Waals surface area (Å²) in [6.07, 6.45) is 3.12. The minimum absolute atomic E-state index is 0.254. The summed E-state index contributed by atoms with van der Waals surface area (Å²) in [7, 11) is 1.86. The van der Waals surface area contributed by atoms with Crippen LogP contribution in [0.2, 0.25) is 0 Å². The van der Waals surface area contributed by atoms with Crippen molar-refractivity contribution in [2.24, 2.45) is 0 Å². The predicted molar refractivity (Wildman–Crippen MR) is 73.7 cm³/mol. The molecule has 98 valence electrons. The molecular formula is C15H16FN3. The fraction of sp³-hybridized carbons (Fsp3) is 0.333. The Morgan fingerprint density at radius 2 is 2.05 bits per heavy atom. The van der Waals surface area contributed by atoms with Crippen LogP contribution in [0.5, 0.6) is 0 Å². The normalized spacial score (nSPS) is 13.4. The number of nitrogens with one attached hydrogen (secondary N) is 1. The van der Waals surface area contributed by atoms with Gasteiger partial charge in [0.2, 0.25) is 0 Å². The summed E-state index contributed by atoms with van der Waals surface area (Å²) < 4.78 is 13.4. The first-order valence-corrected chi connectivity index (χ1v) is 6.53. The van der Waals surface area contributed by atoms with E-state index in [0.29, 0.717) is 5.82 Å². The summed E-state index contributed by atoms with van der Waals surface area (Å²) >= 11 is 0. The van der Waals surface area contributed by atoms with E-state index in [1.54, 1.807) is 6.07 Å². The van der Waals surface area contributed by atoms with Crippen molar-refractivity contribution >= 4 is 5.82 Å². The van der Waals surface area contributed by atoms with Gasteiger partial charge < -0.3 is 5.32 Å². The minimum atomic E-state index is -0.254. The van der Waals surface area contributed by atoms with Crippen LogP contribution in [-0.2, 0) is 12.8 Å². The maximum Gasteiger partial charge on any atom is 0.162 e. The zero-order chi connectivity index (χ0) is 13.4. The van der Waals surface area contributed by atoms with E-state index in [-0.39, 0.29) is 5.82 Å². The zero-order valence-corrected chi connectivity index (χ0v) is 11.1. The quantitative estimate of drug-likeness (QED) is 0.898. The first-order chi connectivity index (χ1) is 9.19. The molecule has 0 amide bonds. The van der Waals surface area contributed by atoms with Gasteiger partial charge in [-0.25, -0.2) is 14.4 Å². The van der Waals surface area contributed by atoms with E-state index in [2.05, 4.69) is 15.3 Å². The SMILES string of the molecule is CNc1nc(-c2cc(F)ccc2C)nc2c1CCC2. The van der Waals surface area contributed by atoms with Crippen LogP contribution in [0, 0.1) is 12.7 Å². The molecule has 3 nitrogen and oxygen atoms in total. The number of halogens is 1. The molecule has 19 heavy (non-hydrogen) atoms. The first kappa shape index (κ1) is 12.1. The maximum atomic E-state index is 13.4. The van der Waals surface area contributed by atoms with Crippen LogP contribution in [0.1, 0.15) is 23.2 Å². The lowest BCUT2D eigenvalue weighted by atomic mass is 10.1. The zero-order valence-electron chi connectivity index (χ0n) is 11.1. The lowest BCUT2D eigenvalue weighted by Crippen LogP contribution is -2.04. The van der Waals surface area contributed by atoms with Crippen LogP contribution in [0.25, 0.3) is 11.4 Å². The Morgan fingerprint density at radius 3 is 2.84 bits per heavy atom. The lowest BCUT2D eigenvalue weighted by molar-refractivity contribution is 0.627. The predicted octanol–water partition coefficient (Wildman–Crippen LogP) is 3.12. The summed E-state index contributed by atoms with van der Waals surface area (Å²) in [4.78, 5) is 9.16. The van der Waals surface area contributed by atoms with E-state index in [4.69, 9.17) is 0 Å². The number of fused-ring (bicyclic) bond motifs is 1. The Hall–Kier alpha value is -1.97. The molecule has 1 heterocycles. The van der Waals surface area contributed by atoms with Gasteiger partial charge in [-0.15, -0.1) is 0 Å². The molecule has 0 saturated carbocycles. The van der Waals surface area contributed by atoms with Gasteiger partial charge in [0.25, 0.3) is 0 Å². The van der Waals surface area contributed by atoms with Gasteiger partial charge in [0.05, 0.1) is 0 Å². The molecule has 3 rings (SSSR count). The molecule has 1 N–H and O–H groups in total. The number of aromatic nitrogens is 2. The van der Waals surface area contributed by atoms with E-state index in [1.807, 2.05) is 14.0 Å². The van der Waals surface area contributed by atoms with E-state index in [9.17, 15) is 4.39 Å². The standard InChI is InChI=1S/C15H16FN3/c1-9-6-7-10(16)8-12(9)15-18-13-5-3-4-11(13)14(17-2)19-15/h6-8H,3-5H2,1-2H3,(H,17,18,19). The van der Waals surface area contributed by atoms with Crippen LogP contribution in [-0.4, -0.2) is 17.0 Å². The second-order valence-corrected chi connectivity index (χ2v) is 4.88. The van der Waals surface area contributed by atoms with Crippen LogP contribution >= 0.6 is 0 Å². The molecule has 0 unspecified atom stereocenters. The number of hydrogen-bond acceptors (Lipinski definition) is 3. The van der Waals surface area contributed by atoms with Gasteiger partial charge in [0, 0.05) is 23.9 Å². The summed E-state index contributed by atoms with van der Waals surface area (Å²) in [6, 6.07) is 4.73. The Labute approximate surface area is 111 Å². The smallest absolute Gasteiger partial charge is 0.162 e. The molecular weight excluding hydrogens is 241 g/mol. The van der Waals surface area contributed by atoms with Gasteiger partial charge in [-0.2, -0.15) is 0 Å². The highest BCUT2D eigenvalue weighted by Crippen LogP contribution is 2.30. The topological polar surface area (TPSA) is 37.8 Å². The summed E-state index contributed by atoms with van der Waals surface area (Å²) in [5.74, 6) is 1.24. The highest BCUT2D eigenvalue weighted by Gasteiger charge is 2.19. The largest absolute Gasteiger partial charge is 0.373 e. The van der Waals surface area contributed by atoms with Crippen LogP contribution in [0.3, 0.4) is 0 Å². The monoisotopic (exact) mass is 257 g/mol. The van der Waals surface area contributed by atoms with E-state index >= 15 is 0 Å². The molecule has 0 saturated heterocycles. The fourth-order valence-electron chi connectivity index (χ4n) is 2.59. The Kier molecular flexibility index (Phi) is 2.93. The van der Waals surface area contributed by atoms with Crippen molar-refractivity contribution in [3.63, 3.8) is 0 Å². The van der Waals surface area contributed by atoms with Gasteiger partial charge in [0.15, 0.2) is 5.82 Å². The average molecular weight is 257 g/mol. The molecule has 1 aliphatic carbocycles. The van der Waals surface area contributed by atoms with Crippen molar-refractivity contribution in [3.05, 3.63) is 40.8 Å². The number of aryl methyl sites for hydroxylation is 2. The number of rotatable bonds is 2. The molecule has 0 atom stereocenters. The van der Waals surface area contributed by atoms with Gasteiger partial charge >= 0.3 is 0 Å². The Morgan fingerprint density at radius 1 is 1.21 bits per heavy atom. The summed E-state index contributed by atoms with van der Waals surface area (Å²) in [5, 5.41) is 3.13. The van der Waals surface area contributed by atoms with Crippen molar-refractivity contribution in [2.45, 2.75) is 26.2 Å². The molecule has 4 heteroatoms. The second kappa shape index (κ2) is 4.61. The van der Waals surface area contributed by atoms with Gasteiger partial charge in [-0.05, 0) is 43.9 Å². The molecule has 0 radical (unpaired) electrons. The molecule has 0 spiro atoms. The summed E-state index contributed by atoms with van der Waals surface area (Å²) in [5.41, 5.74) is 4.06. The number of benzene rings is 1. The van der Waals surface area contributed by atoms with Crippen molar-refractivity contribution in [2.75, 3.05) is 12.4 Å². The van der Waals surface area contributed by atoms with Crippen molar-refractivity contribution in [1.82, 2.24) is 9.97 Å². The highest BCUT2D eigenvalue weighted by atomic mass is 19.1. The fourth-order valence-corrected chi connectivity index (χ4v) is 2.59. The van der Waals surface area contributed by atoms with E-state index < -0.39 is 0 Å². The number of nitrogens with zero attached hydrogens (tertiary/aromatic N) is 2. The van der Waals surface area contributed by atoms with E-state index in [1.165, 1.54) is 17.7 Å². The molecule has 1 aliphatic rings. The number of hydrogen-bond donors (Lipinski definition) is 1. The van der Waals surface area contributed by atoms with Gasteiger partial charge in [-0.1, -0.05) is 6.07 Å². The maximum absolute atomic E-state index is 13.4. The van der Waals surface area contributed by atoms with Gasteiger partial charge in [-0.3, -0.25) is 0 Å². The average Bonchev–Trinajstić information content (AvgIpc) is 2.88. The number of anilines is 1. The van der Waals surface area contributed by atoms with Crippen molar-refractivity contribution in [3.8, 4) is 11.4 Å². The molecule has 0 fully saturated rings. The van der Waals surface area contributed by atoms with Crippen molar-refractivity contribution < 1.29 is 4.39 Å². The molecule has 0 bridgehead atoms. The Bertz CT molecular complexity index is 638. The van der Waals surface area contributed by atoms with Crippen LogP contribution in [0.4, 0.5) is 10.2 Å². The minimum Gasteiger partial charge on any atom is -0.373 e. The van der Waals surface area contributed by atoms with Gasteiger partial charge in [0.1, 0.15) is 11.6 Å². The van der Waals surface area contributed by atoms with E-state index in [0.717, 1.165) is 41.9 Å². The third-order valence-corrected chi connectivity index (χ3v) is 3.61. The molecule has 1 aromatic heterocycles. The summed E-state index contributed by atoms with van der Waals surface area (Å²) in [6.45, 7) is 1.95. The van der Waals surface area contributed by atoms with Crippen molar-refractivity contribution in [1.29, 1.82) is 0 Å². The van der Waals surface area contributed by atoms with Crippen LogP contribution < -0.4 is 5.32 Å². The highest BCUT2D eigenvalue weighted by molar-refractivity contribution is 5.63. The first-order valence-electron chi connectivity index (χ1n) is 6.53. The third-order valence-electron chi connectivity index (χ3n) is 3.61. The molecule has 1 aromatic carbocycles. The molecule has 2 aromatic rings. The van der Waals surface area contributed by atoms with Crippen LogP contribution in [0.15, 0.2) is 18.2 Å².